The Kier molecular flexibility index (Phi) is 4.42. The summed E-state index contributed by atoms with van der Waals surface area (Å²) in [6.07, 6.45) is 0. The van der Waals surface area contributed by atoms with Gasteiger partial charge in [0.15, 0.2) is 0 Å². The maximum Gasteiger partial charge on any atom is 0.253 e. The van der Waals surface area contributed by atoms with Gasteiger partial charge in [0.2, 0.25) is 0 Å². The lowest BCUT2D eigenvalue weighted by atomic mass is 10.1. The van der Waals surface area contributed by atoms with E-state index in [1.165, 1.54) is 12.1 Å². The van der Waals surface area contributed by atoms with E-state index >= 15 is 0 Å². The van der Waals surface area contributed by atoms with Gasteiger partial charge in [-0.2, -0.15) is 0 Å². The Balaban J connectivity index is 2.27. The van der Waals surface area contributed by atoms with Gasteiger partial charge in [-0.05, 0) is 42.8 Å². The maximum atomic E-state index is 13.0. The minimum absolute atomic E-state index is 0.0872. The van der Waals surface area contributed by atoms with Crippen LogP contribution in [-0.4, -0.2) is 13.0 Å². The number of benzene rings is 2. The van der Waals surface area contributed by atoms with Gasteiger partial charge in [-0.25, -0.2) is 4.39 Å². The lowest BCUT2D eigenvalue weighted by Crippen LogP contribution is -2.20. The van der Waals surface area contributed by atoms with Crippen LogP contribution in [0.2, 0.25) is 0 Å². The lowest BCUT2D eigenvalue weighted by molar-refractivity contribution is 0.0964. The van der Waals surface area contributed by atoms with Gasteiger partial charge in [0.25, 0.3) is 5.91 Å². The third-order valence-corrected chi connectivity index (χ3v) is 3.26. The molecule has 2 aromatic rings. The standard InChI is InChI=1S/C16H18FN3O/c1-10(11-3-5-12(17)6-4-11)20-15-9-13(18)7-8-14(15)16(21)19-2/h3-10,20H,18H2,1-2H3,(H,19,21). The molecule has 0 radical (unpaired) electrons. The smallest absolute Gasteiger partial charge is 0.253 e. The number of carbonyl (C=O) groups excluding carboxylic acids is 1. The fourth-order valence-corrected chi connectivity index (χ4v) is 2.08. The number of anilines is 2. The summed E-state index contributed by atoms with van der Waals surface area (Å²) >= 11 is 0. The van der Waals surface area contributed by atoms with E-state index < -0.39 is 0 Å². The molecular formula is C16H18FN3O. The van der Waals surface area contributed by atoms with Crippen molar-refractivity contribution in [2.75, 3.05) is 18.1 Å². The van der Waals surface area contributed by atoms with E-state index in [1.807, 2.05) is 6.92 Å². The van der Waals surface area contributed by atoms with E-state index in [4.69, 9.17) is 5.73 Å². The molecule has 0 aliphatic heterocycles. The summed E-state index contributed by atoms with van der Waals surface area (Å²) in [6.45, 7) is 1.93. The van der Waals surface area contributed by atoms with Crippen molar-refractivity contribution in [3.8, 4) is 0 Å². The number of nitrogens with two attached hydrogens (primary N) is 1. The van der Waals surface area contributed by atoms with Gasteiger partial charge >= 0.3 is 0 Å². The van der Waals surface area contributed by atoms with Crippen LogP contribution in [0.3, 0.4) is 0 Å². The molecule has 0 saturated heterocycles. The molecule has 2 rings (SSSR count). The van der Waals surface area contributed by atoms with Crippen molar-refractivity contribution < 1.29 is 9.18 Å². The van der Waals surface area contributed by atoms with Crippen molar-refractivity contribution in [3.63, 3.8) is 0 Å². The highest BCUT2D eigenvalue weighted by molar-refractivity contribution is 6.00. The van der Waals surface area contributed by atoms with E-state index in [1.54, 1.807) is 37.4 Å². The molecule has 21 heavy (non-hydrogen) atoms. The van der Waals surface area contributed by atoms with Crippen LogP contribution in [0.5, 0.6) is 0 Å². The second-order valence-corrected chi connectivity index (χ2v) is 4.80. The van der Waals surface area contributed by atoms with E-state index in [2.05, 4.69) is 10.6 Å². The van der Waals surface area contributed by atoms with E-state index in [0.29, 0.717) is 16.9 Å². The van der Waals surface area contributed by atoms with Gasteiger partial charge in [0, 0.05) is 24.5 Å². The Morgan fingerprint density at radius 1 is 1.19 bits per heavy atom. The second-order valence-electron chi connectivity index (χ2n) is 4.80. The third-order valence-electron chi connectivity index (χ3n) is 3.26. The molecule has 110 valence electrons. The largest absolute Gasteiger partial charge is 0.399 e. The first-order valence-electron chi connectivity index (χ1n) is 6.65. The minimum atomic E-state index is -0.277. The van der Waals surface area contributed by atoms with Gasteiger partial charge < -0.3 is 16.4 Å². The molecule has 0 aliphatic carbocycles. The highest BCUT2D eigenvalue weighted by Crippen LogP contribution is 2.25. The van der Waals surface area contributed by atoms with E-state index in [0.717, 1.165) is 5.56 Å². The summed E-state index contributed by atoms with van der Waals surface area (Å²) in [5.41, 5.74) is 8.43. The minimum Gasteiger partial charge on any atom is -0.399 e. The second kappa shape index (κ2) is 6.26. The Hall–Kier alpha value is -2.56. The van der Waals surface area contributed by atoms with E-state index in [9.17, 15) is 9.18 Å². The molecule has 4 nitrogen and oxygen atoms in total. The monoisotopic (exact) mass is 287 g/mol. The van der Waals surface area contributed by atoms with Crippen molar-refractivity contribution in [1.82, 2.24) is 5.32 Å². The summed E-state index contributed by atoms with van der Waals surface area (Å²) in [7, 11) is 1.58. The molecule has 2 aromatic carbocycles. The van der Waals surface area contributed by atoms with Gasteiger partial charge in [-0.1, -0.05) is 12.1 Å². The van der Waals surface area contributed by atoms with Crippen LogP contribution in [0.25, 0.3) is 0 Å². The highest BCUT2D eigenvalue weighted by Gasteiger charge is 2.13. The summed E-state index contributed by atoms with van der Waals surface area (Å²) in [5, 5.41) is 5.83. The molecule has 0 spiro atoms. The third kappa shape index (κ3) is 3.51. The van der Waals surface area contributed by atoms with E-state index in [-0.39, 0.29) is 17.8 Å². The van der Waals surface area contributed by atoms with Crippen LogP contribution in [0.15, 0.2) is 42.5 Å². The summed E-state index contributed by atoms with van der Waals surface area (Å²) < 4.78 is 13.0. The van der Waals surface area contributed by atoms with Crippen molar-refractivity contribution in [2.24, 2.45) is 0 Å². The first-order chi connectivity index (χ1) is 10.0. The zero-order valence-electron chi connectivity index (χ0n) is 12.0. The Labute approximate surface area is 123 Å². The molecule has 1 atom stereocenters. The molecular weight excluding hydrogens is 269 g/mol. The highest BCUT2D eigenvalue weighted by atomic mass is 19.1. The summed E-state index contributed by atoms with van der Waals surface area (Å²) in [6, 6.07) is 11.2. The first kappa shape index (κ1) is 14.8. The Morgan fingerprint density at radius 2 is 1.86 bits per heavy atom. The van der Waals surface area contributed by atoms with Crippen LogP contribution in [0.1, 0.15) is 28.9 Å². The molecule has 1 amide bonds. The molecule has 0 aromatic heterocycles. The fraction of sp³-hybridized carbons (Fsp3) is 0.188. The van der Waals surface area contributed by atoms with Gasteiger partial charge in [-0.3, -0.25) is 4.79 Å². The number of hydrogen-bond acceptors (Lipinski definition) is 3. The van der Waals surface area contributed by atoms with Crippen LogP contribution in [0, 0.1) is 5.82 Å². The van der Waals surface area contributed by atoms with Crippen molar-refractivity contribution in [2.45, 2.75) is 13.0 Å². The van der Waals surface area contributed by atoms with Gasteiger partial charge in [-0.15, -0.1) is 0 Å². The first-order valence-corrected chi connectivity index (χ1v) is 6.65. The van der Waals surface area contributed by atoms with Crippen LogP contribution in [0.4, 0.5) is 15.8 Å². The van der Waals surface area contributed by atoms with Crippen molar-refractivity contribution in [1.29, 1.82) is 0 Å². The number of carbonyl (C=O) groups is 1. The van der Waals surface area contributed by atoms with Crippen LogP contribution < -0.4 is 16.4 Å². The molecule has 5 heteroatoms. The zero-order chi connectivity index (χ0) is 15.4. The predicted molar refractivity (Wildman–Crippen MR) is 82.7 cm³/mol. The van der Waals surface area contributed by atoms with Crippen molar-refractivity contribution in [3.05, 3.63) is 59.4 Å². The normalized spacial score (nSPS) is 11.8. The molecule has 0 bridgehead atoms. The number of rotatable bonds is 4. The topological polar surface area (TPSA) is 67.2 Å². The quantitative estimate of drug-likeness (QED) is 0.757. The Bertz CT molecular complexity index is 640. The summed E-state index contributed by atoms with van der Waals surface area (Å²) in [4.78, 5) is 11.9. The summed E-state index contributed by atoms with van der Waals surface area (Å²) in [5.74, 6) is -0.468. The number of amides is 1. The van der Waals surface area contributed by atoms with Gasteiger partial charge in [0.1, 0.15) is 5.82 Å². The number of nitrogens with one attached hydrogen (secondary N) is 2. The molecule has 0 aliphatic rings. The van der Waals surface area contributed by atoms with Crippen LogP contribution in [-0.2, 0) is 0 Å². The fourth-order valence-electron chi connectivity index (χ4n) is 2.08. The molecule has 0 heterocycles. The molecule has 4 N–H and O–H groups in total. The molecule has 1 unspecified atom stereocenters. The number of hydrogen-bond donors (Lipinski definition) is 3. The predicted octanol–water partition coefficient (Wildman–Crippen LogP) is 2.94. The zero-order valence-corrected chi connectivity index (χ0v) is 12.0. The van der Waals surface area contributed by atoms with Crippen molar-refractivity contribution >= 4 is 17.3 Å². The number of halogens is 1. The Morgan fingerprint density at radius 3 is 2.48 bits per heavy atom. The maximum absolute atomic E-state index is 13.0. The lowest BCUT2D eigenvalue weighted by Gasteiger charge is -2.18. The number of nitrogen functional groups attached to an aromatic ring is 1. The molecule has 0 fully saturated rings. The average molecular weight is 287 g/mol. The SMILES string of the molecule is CNC(=O)c1ccc(N)cc1NC(C)c1ccc(F)cc1. The average Bonchev–Trinajstić information content (AvgIpc) is 2.47. The van der Waals surface area contributed by atoms with Gasteiger partial charge in [0.05, 0.1) is 5.56 Å². The molecule has 0 saturated carbocycles. The van der Waals surface area contributed by atoms with Crippen LogP contribution >= 0.6 is 0 Å².